The zero-order valence-electron chi connectivity index (χ0n) is 17.5. The third-order valence-corrected chi connectivity index (χ3v) is 5.49. The van der Waals surface area contributed by atoms with Crippen LogP contribution in [0, 0.1) is 6.92 Å². The summed E-state index contributed by atoms with van der Waals surface area (Å²) in [7, 11) is -3.47. The first-order valence-electron chi connectivity index (χ1n) is 9.57. The Kier molecular flexibility index (Phi) is 7.11. The van der Waals surface area contributed by atoms with E-state index in [-0.39, 0.29) is 10.5 Å². The normalized spacial score (nSPS) is 11.3. The van der Waals surface area contributed by atoms with Crippen LogP contribution in [0.3, 0.4) is 0 Å². The van der Waals surface area contributed by atoms with Gasteiger partial charge in [-0.25, -0.2) is 13.2 Å². The van der Waals surface area contributed by atoms with E-state index >= 15 is 0 Å². The summed E-state index contributed by atoms with van der Waals surface area (Å²) in [4.78, 5) is 24.4. The Labute approximate surface area is 185 Å². The molecule has 8 nitrogen and oxygen atoms in total. The summed E-state index contributed by atoms with van der Waals surface area (Å²) in [6, 6.07) is 20.1. The number of rotatable bonds is 7. The van der Waals surface area contributed by atoms with Gasteiger partial charge in [-0.1, -0.05) is 24.3 Å². The van der Waals surface area contributed by atoms with Crippen molar-refractivity contribution >= 4 is 38.8 Å². The van der Waals surface area contributed by atoms with Crippen LogP contribution >= 0.6 is 0 Å². The van der Waals surface area contributed by atoms with Crippen molar-refractivity contribution < 1.29 is 22.7 Å². The summed E-state index contributed by atoms with van der Waals surface area (Å²) in [5.41, 5.74) is 2.47. The first kappa shape index (κ1) is 22.8. The summed E-state index contributed by atoms with van der Waals surface area (Å²) >= 11 is 0. The van der Waals surface area contributed by atoms with Gasteiger partial charge in [-0.05, 0) is 61.0 Å². The molecule has 0 heterocycles. The zero-order valence-corrected chi connectivity index (χ0v) is 18.3. The third-order valence-electron chi connectivity index (χ3n) is 4.38. The Bertz CT molecular complexity index is 1250. The van der Waals surface area contributed by atoms with E-state index in [0.717, 1.165) is 11.9 Å². The molecule has 3 rings (SSSR count). The molecular formula is C23H21N3O5S. The molecule has 0 saturated heterocycles. The summed E-state index contributed by atoms with van der Waals surface area (Å²) in [6.45, 7) is 1.14. The number of benzene rings is 3. The Morgan fingerprint density at radius 1 is 0.906 bits per heavy atom. The van der Waals surface area contributed by atoms with Gasteiger partial charge in [-0.3, -0.25) is 4.79 Å². The molecule has 0 radical (unpaired) electrons. The molecule has 3 aromatic carbocycles. The van der Waals surface area contributed by atoms with Crippen LogP contribution in [0.4, 0.5) is 17.1 Å². The minimum Gasteiger partial charge on any atom is -0.452 e. The predicted octanol–water partition coefficient (Wildman–Crippen LogP) is 4.61. The molecule has 9 heteroatoms. The van der Waals surface area contributed by atoms with Gasteiger partial charge in [0.05, 0.1) is 21.8 Å². The number of nitrogens with one attached hydrogen (secondary N) is 1. The molecule has 3 aromatic rings. The average Bonchev–Trinajstić information content (AvgIpc) is 2.77. The second-order valence-corrected chi connectivity index (χ2v) is 8.97. The minimum absolute atomic E-state index is 0.00371. The highest BCUT2D eigenvalue weighted by molar-refractivity contribution is 7.90. The molecule has 32 heavy (non-hydrogen) atoms. The Morgan fingerprint density at radius 3 is 2.16 bits per heavy atom. The number of anilines is 1. The maximum atomic E-state index is 12.3. The van der Waals surface area contributed by atoms with E-state index < -0.39 is 28.3 Å². The summed E-state index contributed by atoms with van der Waals surface area (Å²) in [5.74, 6) is -1.31. The lowest BCUT2D eigenvalue weighted by Gasteiger charge is -2.09. The smallest absolute Gasteiger partial charge is 0.338 e. The molecule has 0 saturated carbocycles. The van der Waals surface area contributed by atoms with Crippen LogP contribution in [-0.2, 0) is 19.4 Å². The van der Waals surface area contributed by atoms with Gasteiger partial charge in [0.15, 0.2) is 16.4 Å². The first-order chi connectivity index (χ1) is 15.2. The molecule has 0 spiro atoms. The summed E-state index contributed by atoms with van der Waals surface area (Å²) < 4.78 is 28.4. The van der Waals surface area contributed by atoms with Gasteiger partial charge in [-0.15, -0.1) is 0 Å². The lowest BCUT2D eigenvalue weighted by Crippen LogP contribution is -2.21. The first-order valence-corrected chi connectivity index (χ1v) is 11.5. The number of aryl methyl sites for hydroxylation is 1. The maximum Gasteiger partial charge on any atom is 0.338 e. The number of esters is 1. The van der Waals surface area contributed by atoms with Crippen LogP contribution in [0.5, 0.6) is 0 Å². The molecule has 164 valence electrons. The van der Waals surface area contributed by atoms with E-state index in [2.05, 4.69) is 15.5 Å². The molecule has 1 N–H and O–H groups in total. The number of hydrogen-bond donors (Lipinski definition) is 1. The molecule has 0 aliphatic heterocycles. The highest BCUT2D eigenvalue weighted by Crippen LogP contribution is 2.20. The van der Waals surface area contributed by atoms with E-state index in [4.69, 9.17) is 4.74 Å². The molecule has 0 bridgehead atoms. The molecule has 0 unspecified atom stereocenters. The number of ether oxygens (including phenoxy) is 1. The van der Waals surface area contributed by atoms with Crippen molar-refractivity contribution in [2.24, 2.45) is 10.2 Å². The van der Waals surface area contributed by atoms with E-state index in [0.29, 0.717) is 16.9 Å². The van der Waals surface area contributed by atoms with Gasteiger partial charge < -0.3 is 10.1 Å². The lowest BCUT2D eigenvalue weighted by molar-refractivity contribution is -0.119. The number of amides is 1. The molecule has 0 fully saturated rings. The summed E-state index contributed by atoms with van der Waals surface area (Å²) in [5, 5.41) is 10.9. The van der Waals surface area contributed by atoms with Crippen LogP contribution in [0.25, 0.3) is 0 Å². The van der Waals surface area contributed by atoms with Crippen LogP contribution in [0.15, 0.2) is 87.9 Å². The quantitative estimate of drug-likeness (QED) is 0.416. The van der Waals surface area contributed by atoms with E-state index in [1.54, 1.807) is 31.2 Å². The number of hydrogen-bond acceptors (Lipinski definition) is 7. The van der Waals surface area contributed by atoms with Crippen molar-refractivity contribution in [1.29, 1.82) is 0 Å². The number of carbonyl (C=O) groups is 2. The largest absolute Gasteiger partial charge is 0.452 e. The van der Waals surface area contributed by atoms with Gasteiger partial charge >= 0.3 is 5.97 Å². The molecule has 1 amide bonds. The van der Waals surface area contributed by atoms with Crippen LogP contribution < -0.4 is 5.32 Å². The molecule has 0 aliphatic rings. The minimum atomic E-state index is -3.47. The number of nitrogens with zero attached hydrogens (tertiary/aromatic N) is 2. The fourth-order valence-electron chi connectivity index (χ4n) is 2.68. The van der Waals surface area contributed by atoms with E-state index in [9.17, 15) is 18.0 Å². The molecule has 0 aliphatic carbocycles. The van der Waals surface area contributed by atoms with Gasteiger partial charge in [0.25, 0.3) is 5.91 Å². The second kappa shape index (κ2) is 9.97. The average molecular weight is 452 g/mol. The van der Waals surface area contributed by atoms with Crippen LogP contribution in [-0.4, -0.2) is 33.2 Å². The van der Waals surface area contributed by atoms with Crippen LogP contribution in [0.1, 0.15) is 15.9 Å². The van der Waals surface area contributed by atoms with Gasteiger partial charge in [0.2, 0.25) is 0 Å². The van der Waals surface area contributed by atoms with Crippen molar-refractivity contribution in [1.82, 2.24) is 0 Å². The van der Waals surface area contributed by atoms with Gasteiger partial charge in [-0.2, -0.15) is 10.2 Å². The maximum absolute atomic E-state index is 12.3. The molecule has 0 atom stereocenters. The van der Waals surface area contributed by atoms with Crippen LogP contribution in [0.2, 0.25) is 0 Å². The highest BCUT2D eigenvalue weighted by Gasteiger charge is 2.16. The van der Waals surface area contributed by atoms with Crippen molar-refractivity contribution in [3.63, 3.8) is 0 Å². The third kappa shape index (κ3) is 6.32. The lowest BCUT2D eigenvalue weighted by atomic mass is 10.1. The zero-order chi connectivity index (χ0) is 23.1. The number of sulfone groups is 1. The Morgan fingerprint density at radius 2 is 1.53 bits per heavy atom. The Balaban J connectivity index is 1.56. The van der Waals surface area contributed by atoms with E-state index in [1.165, 1.54) is 18.2 Å². The molecular weight excluding hydrogens is 430 g/mol. The number of azo groups is 1. The Hall–Kier alpha value is -3.85. The fraction of sp³-hybridized carbons (Fsp3) is 0.130. The number of carbonyl (C=O) groups excluding carboxylic acids is 2. The molecule has 0 aromatic heterocycles. The van der Waals surface area contributed by atoms with Crippen molar-refractivity contribution in [3.8, 4) is 0 Å². The highest BCUT2D eigenvalue weighted by atomic mass is 32.2. The topological polar surface area (TPSA) is 114 Å². The standard InChI is InChI=1S/C23H21N3O5S/c1-16-8-13-20(32(2,29)30)14-21(16)23(28)31-15-22(27)24-17-9-11-19(12-10-17)26-25-18-6-4-3-5-7-18/h3-14H,15H2,1-2H3,(H,24,27). The van der Waals surface area contributed by atoms with Crippen molar-refractivity contribution in [3.05, 3.63) is 83.9 Å². The van der Waals surface area contributed by atoms with Gasteiger partial charge in [0.1, 0.15) is 0 Å². The summed E-state index contributed by atoms with van der Waals surface area (Å²) in [6.07, 6.45) is 1.05. The SMILES string of the molecule is Cc1ccc(S(C)(=O)=O)cc1C(=O)OCC(=O)Nc1ccc(N=Nc2ccccc2)cc1. The van der Waals surface area contributed by atoms with Crippen molar-refractivity contribution in [2.75, 3.05) is 18.2 Å². The predicted molar refractivity (Wildman–Crippen MR) is 120 cm³/mol. The monoisotopic (exact) mass is 451 g/mol. The fourth-order valence-corrected chi connectivity index (χ4v) is 3.33. The van der Waals surface area contributed by atoms with E-state index in [1.807, 2.05) is 30.3 Å². The second-order valence-electron chi connectivity index (χ2n) is 6.96. The van der Waals surface area contributed by atoms with Gasteiger partial charge in [0, 0.05) is 11.9 Å². The van der Waals surface area contributed by atoms with Crippen molar-refractivity contribution in [2.45, 2.75) is 11.8 Å².